The summed E-state index contributed by atoms with van der Waals surface area (Å²) in [5.41, 5.74) is 3.42. The molecule has 1 fully saturated rings. The number of hydrogen-bond donors (Lipinski definition) is 1. The van der Waals surface area contributed by atoms with Crippen molar-refractivity contribution in [3.8, 4) is 0 Å². The summed E-state index contributed by atoms with van der Waals surface area (Å²) in [7, 11) is 0. The van der Waals surface area contributed by atoms with Crippen molar-refractivity contribution in [2.75, 3.05) is 13.1 Å². The standard InChI is InChI=1S/C12H16FN/c1-9-2-3-10(7-13)6-12(9)11-4-5-14-8-11/h2-3,6,11,14H,4-5,7-8H2,1H3. The Labute approximate surface area is 84.3 Å². The first-order valence-electron chi connectivity index (χ1n) is 5.17. The number of alkyl halides is 1. The zero-order chi connectivity index (χ0) is 9.97. The van der Waals surface area contributed by atoms with E-state index in [1.54, 1.807) is 0 Å². The Morgan fingerprint density at radius 2 is 2.36 bits per heavy atom. The lowest BCUT2D eigenvalue weighted by atomic mass is 9.93. The molecule has 1 aromatic carbocycles. The molecular weight excluding hydrogens is 177 g/mol. The zero-order valence-corrected chi connectivity index (χ0v) is 8.52. The first-order valence-corrected chi connectivity index (χ1v) is 5.17. The van der Waals surface area contributed by atoms with Crippen molar-refractivity contribution in [2.45, 2.75) is 25.9 Å². The maximum Gasteiger partial charge on any atom is 0.115 e. The summed E-state index contributed by atoms with van der Waals surface area (Å²) in [6.45, 7) is 3.88. The summed E-state index contributed by atoms with van der Waals surface area (Å²) in [5, 5.41) is 3.34. The first kappa shape index (κ1) is 9.66. The van der Waals surface area contributed by atoms with Crippen molar-refractivity contribution in [1.82, 2.24) is 5.32 Å². The third-order valence-corrected chi connectivity index (χ3v) is 3.00. The second kappa shape index (κ2) is 4.09. The van der Waals surface area contributed by atoms with Gasteiger partial charge in [-0.3, -0.25) is 0 Å². The Bertz CT molecular complexity index is 316. The molecule has 1 saturated heterocycles. The van der Waals surface area contributed by atoms with Crippen LogP contribution in [0, 0.1) is 6.92 Å². The second-order valence-electron chi connectivity index (χ2n) is 4.01. The van der Waals surface area contributed by atoms with Gasteiger partial charge in [0.1, 0.15) is 6.67 Å². The fourth-order valence-electron chi connectivity index (χ4n) is 2.13. The average Bonchev–Trinajstić information content (AvgIpc) is 2.71. The minimum Gasteiger partial charge on any atom is -0.316 e. The van der Waals surface area contributed by atoms with Crippen LogP contribution in [0.2, 0.25) is 0 Å². The van der Waals surface area contributed by atoms with Crippen LogP contribution in [0.1, 0.15) is 29.0 Å². The highest BCUT2D eigenvalue weighted by Gasteiger charge is 2.18. The van der Waals surface area contributed by atoms with Crippen molar-refractivity contribution < 1.29 is 4.39 Å². The van der Waals surface area contributed by atoms with Crippen LogP contribution in [-0.4, -0.2) is 13.1 Å². The van der Waals surface area contributed by atoms with Crippen LogP contribution >= 0.6 is 0 Å². The van der Waals surface area contributed by atoms with Gasteiger partial charge in [-0.1, -0.05) is 18.2 Å². The van der Waals surface area contributed by atoms with Crippen molar-refractivity contribution in [1.29, 1.82) is 0 Å². The van der Waals surface area contributed by atoms with E-state index in [1.807, 2.05) is 18.2 Å². The number of hydrogen-bond acceptors (Lipinski definition) is 1. The van der Waals surface area contributed by atoms with Crippen LogP contribution in [0.5, 0.6) is 0 Å². The molecule has 0 spiro atoms. The largest absolute Gasteiger partial charge is 0.316 e. The van der Waals surface area contributed by atoms with Gasteiger partial charge in [-0.05, 0) is 42.5 Å². The molecule has 0 aromatic heterocycles. The van der Waals surface area contributed by atoms with Gasteiger partial charge in [0, 0.05) is 6.54 Å². The molecule has 0 aliphatic carbocycles. The predicted octanol–water partition coefficient (Wildman–Crippen LogP) is 2.54. The Morgan fingerprint density at radius 3 is 3.00 bits per heavy atom. The van der Waals surface area contributed by atoms with E-state index < -0.39 is 0 Å². The minimum absolute atomic E-state index is 0.354. The molecule has 1 aliphatic heterocycles. The highest BCUT2D eigenvalue weighted by molar-refractivity contribution is 5.34. The fraction of sp³-hybridized carbons (Fsp3) is 0.500. The van der Waals surface area contributed by atoms with Gasteiger partial charge in [-0.25, -0.2) is 4.39 Å². The van der Waals surface area contributed by atoms with Crippen LogP contribution in [0.15, 0.2) is 18.2 Å². The molecule has 1 N–H and O–H groups in total. The topological polar surface area (TPSA) is 12.0 Å². The molecule has 1 aliphatic rings. The lowest BCUT2D eigenvalue weighted by Crippen LogP contribution is -2.08. The van der Waals surface area contributed by atoms with Crippen LogP contribution in [0.3, 0.4) is 0 Å². The highest BCUT2D eigenvalue weighted by atomic mass is 19.1. The maximum atomic E-state index is 12.5. The van der Waals surface area contributed by atoms with Gasteiger partial charge in [-0.2, -0.15) is 0 Å². The van der Waals surface area contributed by atoms with E-state index in [-0.39, 0.29) is 6.67 Å². The summed E-state index contributed by atoms with van der Waals surface area (Å²) in [6, 6.07) is 5.93. The molecule has 2 heteroatoms. The van der Waals surface area contributed by atoms with E-state index in [4.69, 9.17) is 0 Å². The summed E-state index contributed by atoms with van der Waals surface area (Å²) >= 11 is 0. The first-order chi connectivity index (χ1) is 6.81. The van der Waals surface area contributed by atoms with Crippen molar-refractivity contribution in [3.63, 3.8) is 0 Å². The van der Waals surface area contributed by atoms with Crippen molar-refractivity contribution in [3.05, 3.63) is 34.9 Å². The average molecular weight is 193 g/mol. The summed E-state index contributed by atoms with van der Waals surface area (Å²) in [4.78, 5) is 0. The Hall–Kier alpha value is -0.890. The monoisotopic (exact) mass is 193 g/mol. The third kappa shape index (κ3) is 1.80. The second-order valence-corrected chi connectivity index (χ2v) is 4.01. The molecular formula is C12H16FN. The Morgan fingerprint density at radius 1 is 1.50 bits per heavy atom. The number of nitrogens with one attached hydrogen (secondary N) is 1. The molecule has 76 valence electrons. The highest BCUT2D eigenvalue weighted by Crippen LogP contribution is 2.26. The maximum absolute atomic E-state index is 12.5. The SMILES string of the molecule is Cc1ccc(CF)cc1C1CCNC1. The molecule has 1 atom stereocenters. The summed E-state index contributed by atoms with van der Waals surface area (Å²) in [5.74, 6) is 0.585. The van der Waals surface area contributed by atoms with Crippen LogP contribution in [0.4, 0.5) is 4.39 Å². The van der Waals surface area contributed by atoms with E-state index in [0.29, 0.717) is 5.92 Å². The van der Waals surface area contributed by atoms with Crippen LogP contribution in [0.25, 0.3) is 0 Å². The Balaban J connectivity index is 2.29. The van der Waals surface area contributed by atoms with Crippen LogP contribution < -0.4 is 5.32 Å². The normalized spacial score (nSPS) is 21.4. The van der Waals surface area contributed by atoms with Gasteiger partial charge in [-0.15, -0.1) is 0 Å². The lowest BCUT2D eigenvalue weighted by molar-refractivity contribution is 0.484. The molecule has 2 rings (SSSR count). The quantitative estimate of drug-likeness (QED) is 0.761. The van der Waals surface area contributed by atoms with Gasteiger partial charge in [0.25, 0.3) is 0 Å². The fourth-order valence-corrected chi connectivity index (χ4v) is 2.13. The van der Waals surface area contributed by atoms with E-state index >= 15 is 0 Å². The van der Waals surface area contributed by atoms with Gasteiger partial charge in [0.15, 0.2) is 0 Å². The number of aryl methyl sites for hydroxylation is 1. The molecule has 1 unspecified atom stereocenters. The zero-order valence-electron chi connectivity index (χ0n) is 8.52. The van der Waals surface area contributed by atoms with Crippen molar-refractivity contribution in [2.24, 2.45) is 0 Å². The van der Waals surface area contributed by atoms with Crippen LogP contribution in [-0.2, 0) is 6.67 Å². The molecule has 1 nitrogen and oxygen atoms in total. The van der Waals surface area contributed by atoms with E-state index in [9.17, 15) is 4.39 Å². The summed E-state index contributed by atoms with van der Waals surface area (Å²) < 4.78 is 12.5. The van der Waals surface area contributed by atoms with E-state index in [2.05, 4.69) is 12.2 Å². The molecule has 1 aromatic rings. The molecule has 0 radical (unpaired) electrons. The number of benzene rings is 1. The molecule has 14 heavy (non-hydrogen) atoms. The molecule has 1 heterocycles. The van der Waals surface area contributed by atoms with Crippen molar-refractivity contribution >= 4 is 0 Å². The van der Waals surface area contributed by atoms with E-state index in [1.165, 1.54) is 17.5 Å². The van der Waals surface area contributed by atoms with Gasteiger partial charge >= 0.3 is 0 Å². The molecule has 0 bridgehead atoms. The van der Waals surface area contributed by atoms with E-state index in [0.717, 1.165) is 18.7 Å². The Kier molecular flexibility index (Phi) is 2.82. The van der Waals surface area contributed by atoms with Gasteiger partial charge < -0.3 is 5.32 Å². The van der Waals surface area contributed by atoms with Gasteiger partial charge in [0.2, 0.25) is 0 Å². The lowest BCUT2D eigenvalue weighted by Gasteiger charge is -2.13. The molecule has 0 saturated carbocycles. The van der Waals surface area contributed by atoms with Gasteiger partial charge in [0.05, 0.1) is 0 Å². The minimum atomic E-state index is -0.354. The third-order valence-electron chi connectivity index (χ3n) is 3.00. The molecule has 0 amide bonds. The predicted molar refractivity (Wildman–Crippen MR) is 56.2 cm³/mol. The summed E-state index contributed by atoms with van der Waals surface area (Å²) in [6.07, 6.45) is 1.18. The number of rotatable bonds is 2. The number of halogens is 1. The smallest absolute Gasteiger partial charge is 0.115 e.